The van der Waals surface area contributed by atoms with Gasteiger partial charge >= 0.3 is 0 Å². The van der Waals surface area contributed by atoms with Gasteiger partial charge in [-0.15, -0.1) is 0 Å². The standard InChI is InChI=1S/C22H31N5O/c23-17-19-5-7-21(8-6-19)25-11-9-24(10-12-25)18-22(28)27-15-13-26(14-16-27)20-3-1-2-4-20/h5-8,20H,1-4,9-16,18H2. The minimum Gasteiger partial charge on any atom is -0.369 e. The first-order chi connectivity index (χ1) is 13.7. The van der Waals surface area contributed by atoms with E-state index in [0.717, 1.165) is 64.1 Å². The highest BCUT2D eigenvalue weighted by molar-refractivity contribution is 5.78. The van der Waals surface area contributed by atoms with Crippen LogP contribution in [-0.4, -0.2) is 85.6 Å². The summed E-state index contributed by atoms with van der Waals surface area (Å²) < 4.78 is 0. The second-order valence-electron chi connectivity index (χ2n) is 8.28. The van der Waals surface area contributed by atoms with Gasteiger partial charge in [-0.1, -0.05) is 12.8 Å². The molecule has 4 rings (SSSR count). The molecule has 0 bridgehead atoms. The maximum absolute atomic E-state index is 12.7. The van der Waals surface area contributed by atoms with Crippen LogP contribution in [0, 0.1) is 11.3 Å². The molecule has 0 radical (unpaired) electrons. The van der Waals surface area contributed by atoms with Crippen molar-refractivity contribution in [2.45, 2.75) is 31.7 Å². The molecule has 1 amide bonds. The molecule has 0 unspecified atom stereocenters. The molecule has 0 aromatic heterocycles. The van der Waals surface area contributed by atoms with Crippen LogP contribution >= 0.6 is 0 Å². The average molecular weight is 382 g/mol. The highest BCUT2D eigenvalue weighted by Gasteiger charge is 2.29. The second kappa shape index (κ2) is 8.93. The normalized spacial score (nSPS) is 22.4. The first-order valence-electron chi connectivity index (χ1n) is 10.7. The molecule has 2 heterocycles. The van der Waals surface area contributed by atoms with Crippen LogP contribution in [0.5, 0.6) is 0 Å². The maximum Gasteiger partial charge on any atom is 0.236 e. The summed E-state index contributed by atoms with van der Waals surface area (Å²) in [7, 11) is 0. The molecule has 2 saturated heterocycles. The van der Waals surface area contributed by atoms with Crippen LogP contribution in [0.3, 0.4) is 0 Å². The molecule has 6 nitrogen and oxygen atoms in total. The lowest BCUT2D eigenvalue weighted by atomic mass is 10.1. The molecule has 150 valence electrons. The number of rotatable bonds is 4. The molecule has 6 heteroatoms. The lowest BCUT2D eigenvalue weighted by Crippen LogP contribution is -2.55. The number of benzene rings is 1. The van der Waals surface area contributed by atoms with E-state index in [2.05, 4.69) is 25.7 Å². The second-order valence-corrected chi connectivity index (χ2v) is 8.28. The molecule has 1 saturated carbocycles. The van der Waals surface area contributed by atoms with Crippen molar-refractivity contribution in [2.75, 3.05) is 63.8 Å². The number of piperazine rings is 2. The van der Waals surface area contributed by atoms with Crippen LogP contribution in [0.1, 0.15) is 31.2 Å². The zero-order valence-electron chi connectivity index (χ0n) is 16.7. The summed E-state index contributed by atoms with van der Waals surface area (Å²) in [6, 6.07) is 10.7. The van der Waals surface area contributed by atoms with Gasteiger partial charge in [0.1, 0.15) is 0 Å². The molecule has 3 fully saturated rings. The van der Waals surface area contributed by atoms with Gasteiger partial charge < -0.3 is 9.80 Å². The Morgan fingerprint density at radius 3 is 2.18 bits per heavy atom. The molecule has 0 spiro atoms. The van der Waals surface area contributed by atoms with E-state index in [9.17, 15) is 4.79 Å². The van der Waals surface area contributed by atoms with Crippen LogP contribution in [0.2, 0.25) is 0 Å². The lowest BCUT2D eigenvalue weighted by molar-refractivity contribution is -0.134. The Kier molecular flexibility index (Phi) is 6.13. The minimum absolute atomic E-state index is 0.290. The van der Waals surface area contributed by atoms with E-state index in [4.69, 9.17) is 5.26 Å². The van der Waals surface area contributed by atoms with Gasteiger partial charge in [0.2, 0.25) is 5.91 Å². The number of anilines is 1. The molecule has 1 aliphatic carbocycles. The van der Waals surface area contributed by atoms with Gasteiger partial charge in [-0.2, -0.15) is 5.26 Å². The molecule has 0 atom stereocenters. The van der Waals surface area contributed by atoms with Gasteiger partial charge in [0, 0.05) is 64.1 Å². The van der Waals surface area contributed by atoms with Crippen molar-refractivity contribution in [3.05, 3.63) is 29.8 Å². The molecule has 1 aromatic carbocycles. The fourth-order valence-corrected chi connectivity index (χ4v) is 4.81. The summed E-state index contributed by atoms with van der Waals surface area (Å²) in [5, 5.41) is 8.93. The Morgan fingerprint density at radius 2 is 1.57 bits per heavy atom. The third kappa shape index (κ3) is 4.48. The highest BCUT2D eigenvalue weighted by Crippen LogP contribution is 2.24. The van der Waals surface area contributed by atoms with E-state index in [-0.39, 0.29) is 5.91 Å². The van der Waals surface area contributed by atoms with Crippen molar-refractivity contribution < 1.29 is 4.79 Å². The van der Waals surface area contributed by atoms with Gasteiger partial charge in [-0.05, 0) is 37.1 Å². The van der Waals surface area contributed by atoms with Crippen LogP contribution in [-0.2, 0) is 4.79 Å². The summed E-state index contributed by atoms with van der Waals surface area (Å²) in [5.41, 5.74) is 1.86. The predicted octanol–water partition coefficient (Wildman–Crippen LogP) is 1.77. The summed E-state index contributed by atoms with van der Waals surface area (Å²) in [5.74, 6) is 0.290. The minimum atomic E-state index is 0.290. The quantitative estimate of drug-likeness (QED) is 0.796. The molecule has 0 N–H and O–H groups in total. The molecule has 2 aliphatic heterocycles. The van der Waals surface area contributed by atoms with Crippen LogP contribution < -0.4 is 4.90 Å². The van der Waals surface area contributed by atoms with Crippen LogP contribution in [0.15, 0.2) is 24.3 Å². The number of hydrogen-bond acceptors (Lipinski definition) is 5. The van der Waals surface area contributed by atoms with E-state index in [0.29, 0.717) is 12.1 Å². The third-order valence-electron chi connectivity index (χ3n) is 6.60. The first kappa shape index (κ1) is 19.2. The molecular weight excluding hydrogens is 350 g/mol. The fraction of sp³-hybridized carbons (Fsp3) is 0.636. The Labute approximate surface area is 168 Å². The Balaban J connectivity index is 1.20. The van der Waals surface area contributed by atoms with Crippen molar-refractivity contribution in [3.63, 3.8) is 0 Å². The number of carbonyl (C=O) groups is 1. The molecule has 3 aliphatic rings. The topological polar surface area (TPSA) is 53.8 Å². The maximum atomic E-state index is 12.7. The predicted molar refractivity (Wildman–Crippen MR) is 110 cm³/mol. The van der Waals surface area contributed by atoms with Gasteiger partial charge in [0.15, 0.2) is 0 Å². The summed E-state index contributed by atoms with van der Waals surface area (Å²) in [6.45, 7) is 8.09. The van der Waals surface area contributed by atoms with E-state index in [1.54, 1.807) is 0 Å². The Bertz CT molecular complexity index is 691. The Morgan fingerprint density at radius 1 is 0.929 bits per heavy atom. The van der Waals surface area contributed by atoms with Gasteiger partial charge in [0.25, 0.3) is 0 Å². The summed E-state index contributed by atoms with van der Waals surface area (Å²) >= 11 is 0. The van der Waals surface area contributed by atoms with Crippen molar-refractivity contribution >= 4 is 11.6 Å². The van der Waals surface area contributed by atoms with Crippen molar-refractivity contribution in [1.29, 1.82) is 5.26 Å². The SMILES string of the molecule is N#Cc1ccc(N2CCN(CC(=O)N3CCN(C4CCCC4)CC3)CC2)cc1. The number of hydrogen-bond donors (Lipinski definition) is 0. The molecule has 28 heavy (non-hydrogen) atoms. The number of nitrogens with zero attached hydrogens (tertiary/aromatic N) is 5. The highest BCUT2D eigenvalue weighted by atomic mass is 16.2. The molecule has 1 aromatic rings. The zero-order chi connectivity index (χ0) is 19.3. The monoisotopic (exact) mass is 381 g/mol. The van der Waals surface area contributed by atoms with E-state index in [1.165, 1.54) is 25.7 Å². The summed E-state index contributed by atoms with van der Waals surface area (Å²) in [4.78, 5) is 22.0. The van der Waals surface area contributed by atoms with E-state index < -0.39 is 0 Å². The van der Waals surface area contributed by atoms with Crippen molar-refractivity contribution in [2.24, 2.45) is 0 Å². The number of nitriles is 1. The Hall–Kier alpha value is -2.10. The van der Waals surface area contributed by atoms with Crippen molar-refractivity contribution in [1.82, 2.24) is 14.7 Å². The third-order valence-corrected chi connectivity index (χ3v) is 6.60. The number of carbonyl (C=O) groups excluding carboxylic acids is 1. The van der Waals surface area contributed by atoms with E-state index in [1.807, 2.05) is 24.3 Å². The largest absolute Gasteiger partial charge is 0.369 e. The van der Waals surface area contributed by atoms with E-state index >= 15 is 0 Å². The first-order valence-corrected chi connectivity index (χ1v) is 10.7. The average Bonchev–Trinajstić information content (AvgIpc) is 3.29. The zero-order valence-corrected chi connectivity index (χ0v) is 16.7. The van der Waals surface area contributed by atoms with Crippen molar-refractivity contribution in [3.8, 4) is 6.07 Å². The van der Waals surface area contributed by atoms with Gasteiger partial charge in [-0.25, -0.2) is 0 Å². The number of amides is 1. The molecular formula is C22H31N5O. The lowest BCUT2D eigenvalue weighted by Gasteiger charge is -2.40. The van der Waals surface area contributed by atoms with Crippen LogP contribution in [0.4, 0.5) is 5.69 Å². The fourth-order valence-electron chi connectivity index (χ4n) is 4.81. The van der Waals surface area contributed by atoms with Crippen LogP contribution in [0.25, 0.3) is 0 Å². The van der Waals surface area contributed by atoms with Gasteiger partial charge in [-0.3, -0.25) is 14.6 Å². The smallest absolute Gasteiger partial charge is 0.236 e. The van der Waals surface area contributed by atoms with Gasteiger partial charge in [0.05, 0.1) is 18.2 Å². The summed E-state index contributed by atoms with van der Waals surface area (Å²) in [6.07, 6.45) is 5.44.